The first-order valence-corrected chi connectivity index (χ1v) is 7.22. The third-order valence-electron chi connectivity index (χ3n) is 4.28. The fourth-order valence-electron chi connectivity index (χ4n) is 2.85. The highest BCUT2D eigenvalue weighted by atomic mass is 16.4. The summed E-state index contributed by atoms with van der Waals surface area (Å²) in [4.78, 5) is 22.9. The molecule has 0 heterocycles. The van der Waals surface area contributed by atoms with E-state index in [1.54, 1.807) is 32.1 Å². The Morgan fingerprint density at radius 2 is 2.00 bits per heavy atom. The number of carbonyl (C=O) groups excluding carboxylic acids is 1. The quantitative estimate of drug-likeness (QED) is 0.465. The van der Waals surface area contributed by atoms with Crippen molar-refractivity contribution in [3.63, 3.8) is 0 Å². The van der Waals surface area contributed by atoms with E-state index in [1.807, 2.05) is 13.8 Å². The van der Waals surface area contributed by atoms with Crippen LogP contribution in [-0.4, -0.2) is 27.6 Å². The average molecular weight is 304 g/mol. The summed E-state index contributed by atoms with van der Waals surface area (Å²) < 4.78 is 0. The lowest BCUT2D eigenvalue weighted by molar-refractivity contribution is -0.131. The van der Waals surface area contributed by atoms with Gasteiger partial charge >= 0.3 is 5.97 Å². The number of aliphatic hydroxyl groups is 1. The standard InChI is InChI=1S/C18H24O4/c1-6-7-14-13(3)18(22,17(4,5)11-15(14)19)9-8-12(2)10-16(20)21/h6,8-10,22H,1,7,11H2,2-5H3,(H,20,21)/b9-8+,12-10-/t18-/m1/s1. The summed E-state index contributed by atoms with van der Waals surface area (Å²) >= 11 is 0. The molecular formula is C18H24O4. The molecule has 0 fully saturated rings. The van der Waals surface area contributed by atoms with Crippen LogP contribution in [0, 0.1) is 5.41 Å². The van der Waals surface area contributed by atoms with E-state index in [1.165, 1.54) is 0 Å². The zero-order valence-corrected chi connectivity index (χ0v) is 13.6. The van der Waals surface area contributed by atoms with Crippen LogP contribution in [0.1, 0.15) is 40.5 Å². The molecule has 0 radical (unpaired) electrons. The lowest BCUT2D eigenvalue weighted by Gasteiger charge is -2.45. The number of hydrogen-bond donors (Lipinski definition) is 2. The Bertz CT molecular complexity index is 590. The minimum Gasteiger partial charge on any atom is -0.478 e. The van der Waals surface area contributed by atoms with Crippen LogP contribution < -0.4 is 0 Å². The van der Waals surface area contributed by atoms with Gasteiger partial charge in [0.25, 0.3) is 0 Å². The molecule has 0 unspecified atom stereocenters. The SMILES string of the molecule is C=CCC1=C(C)[C@](O)(/C=C/C(C)=C\C(=O)O)C(C)(C)CC1=O. The molecule has 1 aliphatic rings. The van der Waals surface area contributed by atoms with Gasteiger partial charge in [0, 0.05) is 23.5 Å². The molecule has 120 valence electrons. The van der Waals surface area contributed by atoms with Crippen molar-refractivity contribution in [2.24, 2.45) is 5.41 Å². The largest absolute Gasteiger partial charge is 0.478 e. The van der Waals surface area contributed by atoms with Gasteiger partial charge in [-0.3, -0.25) is 4.79 Å². The van der Waals surface area contributed by atoms with Crippen LogP contribution in [0.15, 0.2) is 47.6 Å². The molecule has 22 heavy (non-hydrogen) atoms. The Labute approximate surface area is 131 Å². The van der Waals surface area contributed by atoms with Crippen molar-refractivity contribution >= 4 is 11.8 Å². The summed E-state index contributed by atoms with van der Waals surface area (Å²) in [5, 5.41) is 19.9. The van der Waals surface area contributed by atoms with Crippen molar-refractivity contribution in [1.29, 1.82) is 0 Å². The van der Waals surface area contributed by atoms with Gasteiger partial charge in [0.1, 0.15) is 5.60 Å². The third-order valence-corrected chi connectivity index (χ3v) is 4.28. The summed E-state index contributed by atoms with van der Waals surface area (Å²) in [6.45, 7) is 10.7. The molecule has 4 nitrogen and oxygen atoms in total. The van der Waals surface area contributed by atoms with E-state index in [4.69, 9.17) is 5.11 Å². The molecule has 0 bridgehead atoms. The number of carboxylic acid groups (broad SMARTS) is 1. The second kappa shape index (κ2) is 6.44. The van der Waals surface area contributed by atoms with Gasteiger partial charge in [-0.15, -0.1) is 6.58 Å². The summed E-state index contributed by atoms with van der Waals surface area (Å²) in [5.41, 5.74) is -0.257. The molecule has 4 heteroatoms. The Kier molecular flexibility index (Phi) is 5.30. The Balaban J connectivity index is 3.37. The van der Waals surface area contributed by atoms with Gasteiger partial charge in [0.05, 0.1) is 0 Å². The van der Waals surface area contributed by atoms with E-state index in [9.17, 15) is 14.7 Å². The molecule has 0 aromatic heterocycles. The van der Waals surface area contributed by atoms with Crippen LogP contribution >= 0.6 is 0 Å². The topological polar surface area (TPSA) is 74.6 Å². The number of carbonyl (C=O) groups is 2. The molecule has 1 atom stereocenters. The van der Waals surface area contributed by atoms with Crippen molar-refractivity contribution in [3.8, 4) is 0 Å². The van der Waals surface area contributed by atoms with Crippen LogP contribution in [0.4, 0.5) is 0 Å². The summed E-state index contributed by atoms with van der Waals surface area (Å²) in [6, 6.07) is 0. The molecule has 0 spiro atoms. The maximum atomic E-state index is 12.3. The molecule has 0 aliphatic heterocycles. The smallest absolute Gasteiger partial charge is 0.328 e. The maximum Gasteiger partial charge on any atom is 0.328 e. The number of carboxylic acids is 1. The molecular weight excluding hydrogens is 280 g/mol. The minimum atomic E-state index is -1.30. The maximum absolute atomic E-state index is 12.3. The van der Waals surface area contributed by atoms with E-state index < -0.39 is 17.0 Å². The number of allylic oxidation sites excluding steroid dienone is 4. The number of hydrogen-bond acceptors (Lipinski definition) is 3. The van der Waals surface area contributed by atoms with Crippen molar-refractivity contribution in [1.82, 2.24) is 0 Å². The second-order valence-electron chi connectivity index (χ2n) is 6.41. The van der Waals surface area contributed by atoms with Gasteiger partial charge in [0.15, 0.2) is 5.78 Å². The highest BCUT2D eigenvalue weighted by Crippen LogP contribution is 2.47. The van der Waals surface area contributed by atoms with E-state index in [2.05, 4.69) is 6.58 Å². The van der Waals surface area contributed by atoms with Crippen molar-refractivity contribution in [2.75, 3.05) is 0 Å². The first kappa shape index (κ1) is 18.1. The first-order valence-electron chi connectivity index (χ1n) is 7.22. The van der Waals surface area contributed by atoms with E-state index >= 15 is 0 Å². The van der Waals surface area contributed by atoms with E-state index in [-0.39, 0.29) is 12.2 Å². The predicted molar refractivity (Wildman–Crippen MR) is 86.4 cm³/mol. The van der Waals surface area contributed by atoms with Gasteiger partial charge < -0.3 is 10.2 Å². The molecule has 1 rings (SSSR count). The van der Waals surface area contributed by atoms with Crippen LogP contribution in [0.3, 0.4) is 0 Å². The number of aliphatic carboxylic acids is 1. The van der Waals surface area contributed by atoms with Crippen LogP contribution in [-0.2, 0) is 9.59 Å². The van der Waals surface area contributed by atoms with Crippen molar-refractivity contribution in [3.05, 3.63) is 47.6 Å². The van der Waals surface area contributed by atoms with Gasteiger partial charge in [-0.1, -0.05) is 26.0 Å². The van der Waals surface area contributed by atoms with Gasteiger partial charge in [0.2, 0.25) is 0 Å². The van der Waals surface area contributed by atoms with Crippen molar-refractivity contribution < 1.29 is 19.8 Å². The van der Waals surface area contributed by atoms with Crippen LogP contribution in [0.2, 0.25) is 0 Å². The second-order valence-corrected chi connectivity index (χ2v) is 6.41. The van der Waals surface area contributed by atoms with Crippen molar-refractivity contribution in [2.45, 2.75) is 46.1 Å². The van der Waals surface area contributed by atoms with E-state index in [0.29, 0.717) is 23.1 Å². The zero-order chi connectivity index (χ0) is 17.1. The Morgan fingerprint density at radius 1 is 1.41 bits per heavy atom. The van der Waals surface area contributed by atoms with Gasteiger partial charge in [-0.2, -0.15) is 0 Å². The lowest BCUT2D eigenvalue weighted by atomic mass is 9.62. The number of rotatable bonds is 5. The average Bonchev–Trinajstić information content (AvgIpc) is 2.38. The predicted octanol–water partition coefficient (Wildman–Crippen LogP) is 3.20. The summed E-state index contributed by atoms with van der Waals surface area (Å²) in [6.07, 6.45) is 6.55. The summed E-state index contributed by atoms with van der Waals surface area (Å²) in [7, 11) is 0. The molecule has 0 saturated carbocycles. The molecule has 0 amide bonds. The lowest BCUT2D eigenvalue weighted by Crippen LogP contribution is -2.49. The normalized spacial score (nSPS) is 25.7. The molecule has 0 saturated heterocycles. The van der Waals surface area contributed by atoms with E-state index in [0.717, 1.165) is 6.08 Å². The molecule has 1 aliphatic carbocycles. The molecule has 0 aromatic rings. The van der Waals surface area contributed by atoms with Crippen LogP contribution in [0.25, 0.3) is 0 Å². The van der Waals surface area contributed by atoms with Gasteiger partial charge in [-0.05, 0) is 37.5 Å². The van der Waals surface area contributed by atoms with Gasteiger partial charge in [-0.25, -0.2) is 4.79 Å². The monoisotopic (exact) mass is 304 g/mol. The first-order chi connectivity index (χ1) is 10.0. The molecule has 0 aromatic carbocycles. The Morgan fingerprint density at radius 3 is 2.50 bits per heavy atom. The fourth-order valence-corrected chi connectivity index (χ4v) is 2.85. The summed E-state index contributed by atoms with van der Waals surface area (Å²) in [5.74, 6) is -1.01. The third kappa shape index (κ3) is 3.45. The highest BCUT2D eigenvalue weighted by Gasteiger charge is 2.49. The zero-order valence-electron chi connectivity index (χ0n) is 13.6. The fraction of sp³-hybridized carbons (Fsp3) is 0.444. The number of Topliss-reactive ketones (excluding diaryl/α,β-unsaturated/α-hetero) is 1. The number of ketones is 1. The van der Waals surface area contributed by atoms with Crippen LogP contribution in [0.5, 0.6) is 0 Å². The molecule has 2 N–H and O–H groups in total. The Hall–Kier alpha value is -1.94. The highest BCUT2D eigenvalue weighted by molar-refractivity contribution is 5.98. The minimum absolute atomic E-state index is 0.0262.